The maximum atomic E-state index is 14.6. The minimum absolute atomic E-state index is 0.0986. The molecule has 0 aromatic heterocycles. The SMILES string of the molecule is CS(=O)(=O)Nc1cccc(-c2ccccc2C[C@@H]2O[C@H](CO)[C@H](O)[C@H](O)[C@H]2F)c1. The molecule has 0 aliphatic carbocycles. The van der Waals surface area contributed by atoms with Crippen molar-refractivity contribution in [2.24, 2.45) is 0 Å². The third-order valence-corrected chi connectivity index (χ3v) is 5.46. The molecule has 0 spiro atoms. The van der Waals surface area contributed by atoms with Crippen LogP contribution in [0.4, 0.5) is 10.1 Å². The van der Waals surface area contributed by atoms with Crippen molar-refractivity contribution < 1.29 is 32.9 Å². The monoisotopic (exact) mass is 425 g/mol. The molecule has 1 saturated heterocycles. The predicted octanol–water partition coefficient (Wildman–Crippen LogP) is 1.09. The van der Waals surface area contributed by atoms with Gasteiger partial charge in [-0.05, 0) is 28.8 Å². The van der Waals surface area contributed by atoms with Crippen LogP contribution in [0.5, 0.6) is 0 Å². The lowest BCUT2D eigenvalue weighted by Crippen LogP contribution is -2.57. The number of halogens is 1. The summed E-state index contributed by atoms with van der Waals surface area (Å²) in [6.07, 6.45) is -5.94. The number of aliphatic hydroxyl groups is 3. The number of hydrogen-bond acceptors (Lipinski definition) is 6. The Bertz CT molecular complexity index is 951. The Morgan fingerprint density at radius 1 is 1.07 bits per heavy atom. The van der Waals surface area contributed by atoms with Gasteiger partial charge < -0.3 is 20.1 Å². The molecule has 158 valence electrons. The molecule has 29 heavy (non-hydrogen) atoms. The molecule has 2 aromatic carbocycles. The molecule has 7 nitrogen and oxygen atoms in total. The van der Waals surface area contributed by atoms with Crippen molar-refractivity contribution in [3.05, 3.63) is 54.1 Å². The standard InChI is InChI=1S/C20H24FNO6S/c1-29(26,27)22-14-7-4-6-12(9-14)15-8-3-2-5-13(15)10-16-18(21)20(25)19(24)17(11-23)28-16/h2-9,16-20,22-25H,10-11H2,1H3/t16-,17+,18-,19-,20+/m0/s1. The fraction of sp³-hybridized carbons (Fsp3) is 0.400. The minimum atomic E-state index is -3.43. The summed E-state index contributed by atoms with van der Waals surface area (Å²) in [4.78, 5) is 0. The molecule has 4 N–H and O–H groups in total. The van der Waals surface area contributed by atoms with E-state index in [1.807, 2.05) is 6.07 Å². The number of aliphatic hydroxyl groups excluding tert-OH is 3. The van der Waals surface area contributed by atoms with E-state index in [4.69, 9.17) is 4.74 Å². The van der Waals surface area contributed by atoms with Crippen molar-refractivity contribution in [3.8, 4) is 11.1 Å². The van der Waals surface area contributed by atoms with Crippen molar-refractivity contribution in [2.45, 2.75) is 37.0 Å². The number of ether oxygens (including phenoxy) is 1. The molecule has 1 aliphatic rings. The van der Waals surface area contributed by atoms with Crippen LogP contribution in [0.25, 0.3) is 11.1 Å². The molecule has 1 aliphatic heterocycles. The van der Waals surface area contributed by atoms with Crippen LogP contribution in [-0.4, -0.2) is 67.2 Å². The largest absolute Gasteiger partial charge is 0.394 e. The van der Waals surface area contributed by atoms with E-state index in [1.165, 1.54) is 0 Å². The van der Waals surface area contributed by atoms with E-state index < -0.39 is 47.2 Å². The minimum Gasteiger partial charge on any atom is -0.394 e. The normalized spacial score (nSPS) is 27.6. The molecule has 9 heteroatoms. The number of anilines is 1. The maximum absolute atomic E-state index is 14.6. The molecular formula is C20H24FNO6S. The first-order valence-corrected chi connectivity index (χ1v) is 11.0. The first-order valence-electron chi connectivity index (χ1n) is 9.12. The summed E-state index contributed by atoms with van der Waals surface area (Å²) < 4.78 is 45.5. The van der Waals surface area contributed by atoms with Crippen LogP contribution in [0.15, 0.2) is 48.5 Å². The summed E-state index contributed by atoms with van der Waals surface area (Å²) in [5.74, 6) is 0. The van der Waals surface area contributed by atoms with Gasteiger partial charge in [-0.15, -0.1) is 0 Å². The van der Waals surface area contributed by atoms with Gasteiger partial charge in [-0.25, -0.2) is 12.8 Å². The molecular weight excluding hydrogens is 401 g/mol. The van der Waals surface area contributed by atoms with Crippen molar-refractivity contribution in [1.82, 2.24) is 0 Å². The second-order valence-corrected chi connectivity index (χ2v) is 8.89. The lowest BCUT2D eigenvalue weighted by atomic mass is 9.89. The summed E-state index contributed by atoms with van der Waals surface area (Å²) in [7, 11) is -3.43. The van der Waals surface area contributed by atoms with Gasteiger partial charge in [0, 0.05) is 12.1 Å². The predicted molar refractivity (Wildman–Crippen MR) is 107 cm³/mol. The van der Waals surface area contributed by atoms with Gasteiger partial charge in [-0.3, -0.25) is 4.72 Å². The highest BCUT2D eigenvalue weighted by Gasteiger charge is 2.44. The van der Waals surface area contributed by atoms with Gasteiger partial charge >= 0.3 is 0 Å². The molecule has 2 aromatic rings. The Hall–Kier alpha value is -2.04. The molecule has 1 fully saturated rings. The molecule has 5 atom stereocenters. The van der Waals surface area contributed by atoms with Crippen LogP contribution < -0.4 is 4.72 Å². The Labute approximate surface area is 168 Å². The third kappa shape index (κ3) is 5.12. The summed E-state index contributed by atoms with van der Waals surface area (Å²) in [5.41, 5.74) is 2.59. The first kappa shape index (κ1) is 21.7. The summed E-state index contributed by atoms with van der Waals surface area (Å²) in [6, 6.07) is 14.0. The second-order valence-electron chi connectivity index (χ2n) is 7.14. The van der Waals surface area contributed by atoms with E-state index >= 15 is 0 Å². The van der Waals surface area contributed by atoms with Gasteiger partial charge in [-0.2, -0.15) is 0 Å². The quantitative estimate of drug-likeness (QED) is 0.551. The molecule has 1 heterocycles. The fourth-order valence-electron chi connectivity index (χ4n) is 3.48. The van der Waals surface area contributed by atoms with E-state index in [-0.39, 0.29) is 6.42 Å². The van der Waals surface area contributed by atoms with Crippen molar-refractivity contribution in [2.75, 3.05) is 17.6 Å². The average Bonchev–Trinajstić information content (AvgIpc) is 2.67. The molecule has 0 saturated carbocycles. The number of rotatable bonds is 6. The van der Waals surface area contributed by atoms with Crippen molar-refractivity contribution >= 4 is 15.7 Å². The zero-order valence-corrected chi connectivity index (χ0v) is 16.6. The van der Waals surface area contributed by atoms with Crippen LogP contribution in [-0.2, 0) is 21.2 Å². The second kappa shape index (κ2) is 8.76. The number of sulfonamides is 1. The van der Waals surface area contributed by atoms with Crippen molar-refractivity contribution in [3.63, 3.8) is 0 Å². The highest BCUT2D eigenvalue weighted by Crippen LogP contribution is 2.31. The van der Waals surface area contributed by atoms with Gasteiger partial charge in [0.2, 0.25) is 10.0 Å². The van der Waals surface area contributed by atoms with Gasteiger partial charge in [0.25, 0.3) is 0 Å². The lowest BCUT2D eigenvalue weighted by Gasteiger charge is -2.39. The van der Waals surface area contributed by atoms with Crippen LogP contribution in [0.1, 0.15) is 5.56 Å². The Balaban J connectivity index is 1.89. The zero-order chi connectivity index (χ0) is 21.2. The Morgan fingerprint density at radius 2 is 1.79 bits per heavy atom. The Kier molecular flexibility index (Phi) is 6.55. The third-order valence-electron chi connectivity index (χ3n) is 4.86. The summed E-state index contributed by atoms with van der Waals surface area (Å²) in [5, 5.41) is 29.1. The topological polar surface area (TPSA) is 116 Å². The number of hydrogen-bond donors (Lipinski definition) is 4. The molecule has 0 amide bonds. The Morgan fingerprint density at radius 3 is 2.48 bits per heavy atom. The first-order chi connectivity index (χ1) is 13.7. The van der Waals surface area contributed by atoms with Crippen LogP contribution in [0, 0.1) is 0 Å². The van der Waals surface area contributed by atoms with Gasteiger partial charge in [0.15, 0.2) is 6.17 Å². The van der Waals surface area contributed by atoms with E-state index in [0.717, 1.165) is 22.9 Å². The van der Waals surface area contributed by atoms with Crippen LogP contribution >= 0.6 is 0 Å². The number of nitrogens with one attached hydrogen (secondary N) is 1. The average molecular weight is 425 g/mol. The molecule has 0 unspecified atom stereocenters. The zero-order valence-electron chi connectivity index (χ0n) is 15.8. The summed E-state index contributed by atoms with van der Waals surface area (Å²) in [6.45, 7) is -0.539. The van der Waals surface area contributed by atoms with E-state index in [1.54, 1.807) is 42.5 Å². The van der Waals surface area contributed by atoms with Crippen LogP contribution in [0.3, 0.4) is 0 Å². The highest BCUT2D eigenvalue weighted by molar-refractivity contribution is 7.92. The fourth-order valence-corrected chi connectivity index (χ4v) is 4.04. The van der Waals surface area contributed by atoms with E-state index in [2.05, 4.69) is 4.72 Å². The molecule has 0 bridgehead atoms. The molecule has 0 radical (unpaired) electrons. The number of alkyl halides is 1. The molecule has 3 rings (SSSR count). The van der Waals surface area contributed by atoms with E-state index in [9.17, 15) is 28.1 Å². The lowest BCUT2D eigenvalue weighted by molar-refractivity contribution is -0.211. The van der Waals surface area contributed by atoms with Gasteiger partial charge in [0.05, 0.1) is 19.0 Å². The van der Waals surface area contributed by atoms with Gasteiger partial charge in [0.1, 0.15) is 18.3 Å². The maximum Gasteiger partial charge on any atom is 0.229 e. The van der Waals surface area contributed by atoms with Crippen LogP contribution in [0.2, 0.25) is 0 Å². The summed E-state index contributed by atoms with van der Waals surface area (Å²) >= 11 is 0. The highest BCUT2D eigenvalue weighted by atomic mass is 32.2. The smallest absolute Gasteiger partial charge is 0.229 e. The van der Waals surface area contributed by atoms with E-state index in [0.29, 0.717) is 5.69 Å². The van der Waals surface area contributed by atoms with Gasteiger partial charge in [-0.1, -0.05) is 36.4 Å². The van der Waals surface area contributed by atoms with Crippen molar-refractivity contribution in [1.29, 1.82) is 0 Å². The number of benzene rings is 2.